The predicted molar refractivity (Wildman–Crippen MR) is 126 cm³/mol. The van der Waals surface area contributed by atoms with Crippen molar-refractivity contribution < 1.29 is 24.2 Å². The van der Waals surface area contributed by atoms with Crippen molar-refractivity contribution in [2.75, 3.05) is 0 Å². The molecule has 1 N–H and O–H groups in total. The number of ether oxygens (including phenoxy) is 2. The molecule has 0 saturated carbocycles. The van der Waals surface area contributed by atoms with Gasteiger partial charge in [0.25, 0.3) is 0 Å². The van der Waals surface area contributed by atoms with Crippen LogP contribution in [0.4, 0.5) is 4.79 Å². The summed E-state index contributed by atoms with van der Waals surface area (Å²) >= 11 is 0. The topological polar surface area (TPSA) is 76.1 Å². The van der Waals surface area contributed by atoms with Crippen LogP contribution >= 0.6 is 0 Å². The third-order valence-electron chi connectivity index (χ3n) is 5.55. The first-order chi connectivity index (χ1) is 15.3. The molecule has 1 amide bonds. The third kappa shape index (κ3) is 5.74. The zero-order chi connectivity index (χ0) is 24.4. The van der Waals surface area contributed by atoms with Crippen molar-refractivity contribution in [3.05, 3.63) is 71.8 Å². The maximum atomic E-state index is 13.5. The maximum Gasteiger partial charge on any atom is 0.413 e. The van der Waals surface area contributed by atoms with Gasteiger partial charge in [-0.1, -0.05) is 60.7 Å². The quantitative estimate of drug-likeness (QED) is 0.656. The van der Waals surface area contributed by atoms with Crippen LogP contribution in [0.2, 0.25) is 0 Å². The Morgan fingerprint density at radius 3 is 1.94 bits per heavy atom. The monoisotopic (exact) mass is 453 g/mol. The first kappa shape index (κ1) is 24.8. The second-order valence-electron chi connectivity index (χ2n) is 10.6. The largest absolute Gasteiger partial charge is 0.458 e. The summed E-state index contributed by atoms with van der Waals surface area (Å²) in [5.74, 6) is -1.01. The molecule has 2 aromatic rings. The summed E-state index contributed by atoms with van der Waals surface area (Å²) in [6, 6.07) is 17.8. The van der Waals surface area contributed by atoms with Gasteiger partial charge in [0.15, 0.2) is 5.72 Å². The number of likely N-dealkylation sites (tertiary alicyclic amines) is 1. The molecular weight excluding hydrogens is 418 g/mol. The van der Waals surface area contributed by atoms with Crippen molar-refractivity contribution in [2.45, 2.75) is 77.4 Å². The molecule has 1 saturated heterocycles. The third-order valence-corrected chi connectivity index (χ3v) is 5.55. The Hall–Kier alpha value is -2.86. The van der Waals surface area contributed by atoms with Crippen LogP contribution in [0.25, 0.3) is 0 Å². The van der Waals surface area contributed by atoms with Gasteiger partial charge in [-0.25, -0.2) is 9.59 Å². The minimum atomic E-state index is -1.75. The molecular formula is C27H35NO5. The first-order valence-electron chi connectivity index (χ1n) is 11.4. The molecule has 1 heterocycles. The number of esters is 1. The Labute approximate surface area is 196 Å². The number of hydrogen-bond acceptors (Lipinski definition) is 5. The summed E-state index contributed by atoms with van der Waals surface area (Å²) in [7, 11) is 0. The standard InChI is InChI=1S/C27H35NO5/c1-25(2,3)32-23(29)22-18-21(17-19-13-9-7-10-14-19)27(31,20-15-11-8-12-16-20)28(22)24(30)33-26(4,5)6/h7-16,21-22,31H,17-18H2,1-6H3. The number of rotatable bonds is 4. The van der Waals surface area contributed by atoms with Crippen molar-refractivity contribution in [2.24, 2.45) is 5.92 Å². The SMILES string of the molecule is CC(C)(C)OC(=O)C1CC(Cc2ccccc2)C(O)(c2ccccc2)N1C(=O)OC(C)(C)C. The lowest BCUT2D eigenvalue weighted by molar-refractivity contribution is -0.169. The lowest BCUT2D eigenvalue weighted by atomic mass is 9.84. The van der Waals surface area contributed by atoms with Crippen molar-refractivity contribution in [1.29, 1.82) is 0 Å². The van der Waals surface area contributed by atoms with Crippen molar-refractivity contribution in [3.63, 3.8) is 0 Å². The van der Waals surface area contributed by atoms with E-state index in [9.17, 15) is 14.7 Å². The van der Waals surface area contributed by atoms with Crippen LogP contribution in [-0.2, 0) is 26.4 Å². The summed E-state index contributed by atoms with van der Waals surface area (Å²) in [4.78, 5) is 27.9. The van der Waals surface area contributed by atoms with E-state index in [1.807, 2.05) is 36.4 Å². The highest BCUT2D eigenvalue weighted by atomic mass is 16.6. The van der Waals surface area contributed by atoms with E-state index in [4.69, 9.17) is 9.47 Å². The smallest absolute Gasteiger partial charge is 0.413 e. The second-order valence-corrected chi connectivity index (χ2v) is 10.6. The van der Waals surface area contributed by atoms with E-state index in [2.05, 4.69) is 0 Å². The molecule has 0 aromatic heterocycles. The van der Waals surface area contributed by atoms with Gasteiger partial charge in [0.1, 0.15) is 17.2 Å². The summed E-state index contributed by atoms with van der Waals surface area (Å²) in [5.41, 5.74) is -1.75. The molecule has 2 aromatic carbocycles. The van der Waals surface area contributed by atoms with Crippen LogP contribution in [0.15, 0.2) is 60.7 Å². The fraction of sp³-hybridized carbons (Fsp3) is 0.481. The van der Waals surface area contributed by atoms with Gasteiger partial charge in [-0.3, -0.25) is 4.90 Å². The van der Waals surface area contributed by atoms with E-state index >= 15 is 0 Å². The predicted octanol–water partition coefficient (Wildman–Crippen LogP) is 5.04. The van der Waals surface area contributed by atoms with Gasteiger partial charge in [0.05, 0.1) is 0 Å². The van der Waals surface area contributed by atoms with E-state index in [0.717, 1.165) is 5.56 Å². The Morgan fingerprint density at radius 1 is 0.909 bits per heavy atom. The molecule has 6 heteroatoms. The minimum Gasteiger partial charge on any atom is -0.458 e. The highest BCUT2D eigenvalue weighted by Gasteiger charge is 2.59. The fourth-order valence-electron chi connectivity index (χ4n) is 4.30. The number of aliphatic hydroxyl groups is 1. The van der Waals surface area contributed by atoms with Crippen LogP contribution < -0.4 is 0 Å². The van der Waals surface area contributed by atoms with Gasteiger partial charge in [0.2, 0.25) is 0 Å². The number of hydrogen-bond donors (Lipinski definition) is 1. The molecule has 1 fully saturated rings. The Kier molecular flexibility index (Phi) is 6.89. The Bertz CT molecular complexity index is 962. The number of carbonyl (C=O) groups excluding carboxylic acids is 2. The normalized spacial score (nSPS) is 23.3. The Balaban J connectivity index is 2.11. The summed E-state index contributed by atoms with van der Waals surface area (Å²) in [6.07, 6.45) is -0.0282. The van der Waals surface area contributed by atoms with Crippen LogP contribution in [-0.4, -0.2) is 39.3 Å². The average molecular weight is 454 g/mol. The van der Waals surface area contributed by atoms with Gasteiger partial charge >= 0.3 is 12.1 Å². The fourth-order valence-corrected chi connectivity index (χ4v) is 4.30. The highest BCUT2D eigenvalue weighted by Crippen LogP contribution is 2.47. The number of carbonyl (C=O) groups is 2. The van der Waals surface area contributed by atoms with E-state index in [-0.39, 0.29) is 6.42 Å². The van der Waals surface area contributed by atoms with Crippen molar-refractivity contribution in [1.82, 2.24) is 4.90 Å². The number of nitrogens with zero attached hydrogens (tertiary/aromatic N) is 1. The van der Waals surface area contributed by atoms with Crippen LogP contribution in [0.3, 0.4) is 0 Å². The van der Waals surface area contributed by atoms with Crippen LogP contribution in [0, 0.1) is 5.92 Å². The van der Waals surface area contributed by atoms with Gasteiger partial charge in [-0.05, 0) is 59.9 Å². The lowest BCUT2D eigenvalue weighted by Crippen LogP contribution is -2.55. The zero-order valence-electron chi connectivity index (χ0n) is 20.4. The summed E-state index contributed by atoms with van der Waals surface area (Å²) in [5, 5.41) is 12.2. The van der Waals surface area contributed by atoms with E-state index in [1.165, 1.54) is 4.90 Å². The van der Waals surface area contributed by atoms with E-state index in [0.29, 0.717) is 12.0 Å². The first-order valence-corrected chi connectivity index (χ1v) is 11.4. The molecule has 0 spiro atoms. The van der Waals surface area contributed by atoms with Gasteiger partial charge in [-0.2, -0.15) is 0 Å². The van der Waals surface area contributed by atoms with Gasteiger partial charge < -0.3 is 14.6 Å². The molecule has 6 nitrogen and oxygen atoms in total. The maximum absolute atomic E-state index is 13.5. The molecule has 3 atom stereocenters. The van der Waals surface area contributed by atoms with Crippen LogP contribution in [0.1, 0.15) is 59.1 Å². The van der Waals surface area contributed by atoms with Crippen molar-refractivity contribution >= 4 is 12.1 Å². The molecule has 0 radical (unpaired) electrons. The molecule has 3 rings (SSSR count). The molecule has 178 valence electrons. The molecule has 1 aliphatic rings. The molecule has 33 heavy (non-hydrogen) atoms. The molecule has 0 bridgehead atoms. The van der Waals surface area contributed by atoms with Gasteiger partial charge in [-0.15, -0.1) is 0 Å². The minimum absolute atomic E-state index is 0.244. The van der Waals surface area contributed by atoms with E-state index < -0.39 is 40.9 Å². The zero-order valence-corrected chi connectivity index (χ0v) is 20.4. The molecule has 1 aliphatic heterocycles. The number of benzene rings is 2. The van der Waals surface area contributed by atoms with Gasteiger partial charge in [0, 0.05) is 11.5 Å². The molecule has 0 aliphatic carbocycles. The average Bonchev–Trinajstić information content (AvgIpc) is 3.01. The van der Waals surface area contributed by atoms with Crippen LogP contribution in [0.5, 0.6) is 0 Å². The summed E-state index contributed by atoms with van der Waals surface area (Å²) < 4.78 is 11.3. The second kappa shape index (κ2) is 9.18. The Morgan fingerprint density at radius 2 is 1.42 bits per heavy atom. The summed E-state index contributed by atoms with van der Waals surface area (Å²) in [6.45, 7) is 10.6. The number of amides is 1. The highest BCUT2D eigenvalue weighted by molar-refractivity contribution is 5.83. The van der Waals surface area contributed by atoms with E-state index in [1.54, 1.807) is 65.8 Å². The lowest BCUT2D eigenvalue weighted by Gasteiger charge is -2.40. The van der Waals surface area contributed by atoms with Crippen molar-refractivity contribution in [3.8, 4) is 0 Å². The molecule has 3 unspecified atom stereocenters.